The molecule has 8 heteroatoms. The molecular formula is C26H27N3O4S. The first-order valence-electron chi connectivity index (χ1n) is 10.7. The van der Waals surface area contributed by atoms with E-state index in [-0.39, 0.29) is 28.6 Å². The molecule has 0 spiro atoms. The van der Waals surface area contributed by atoms with Crippen molar-refractivity contribution >= 4 is 33.2 Å². The number of aryl methyl sites for hydroxylation is 2. The molecule has 0 aromatic heterocycles. The lowest BCUT2D eigenvalue weighted by atomic mass is 10.1. The largest absolute Gasteiger partial charge is 0.349 e. The Balaban J connectivity index is 1.93. The van der Waals surface area contributed by atoms with Crippen molar-refractivity contribution in [3.05, 3.63) is 102 Å². The van der Waals surface area contributed by atoms with Crippen LogP contribution in [0.2, 0.25) is 0 Å². The summed E-state index contributed by atoms with van der Waals surface area (Å²) in [5.74, 6) is -0.957. The number of carbonyl (C=O) groups excluding carboxylic acids is 2. The van der Waals surface area contributed by atoms with E-state index < -0.39 is 22.5 Å². The van der Waals surface area contributed by atoms with Crippen LogP contribution in [0.4, 0.5) is 11.4 Å². The zero-order valence-corrected chi connectivity index (χ0v) is 19.9. The Morgan fingerprint density at radius 2 is 1.59 bits per heavy atom. The van der Waals surface area contributed by atoms with Gasteiger partial charge >= 0.3 is 0 Å². The van der Waals surface area contributed by atoms with Crippen molar-refractivity contribution in [1.29, 1.82) is 0 Å². The molecule has 0 fully saturated rings. The minimum absolute atomic E-state index is 0.0818. The van der Waals surface area contributed by atoms with Gasteiger partial charge in [0.05, 0.1) is 21.8 Å². The highest BCUT2D eigenvalue weighted by Crippen LogP contribution is 2.27. The molecule has 0 aliphatic rings. The summed E-state index contributed by atoms with van der Waals surface area (Å²) in [5.41, 5.74) is 2.57. The summed E-state index contributed by atoms with van der Waals surface area (Å²) in [6.07, 6.45) is 1.55. The van der Waals surface area contributed by atoms with Gasteiger partial charge in [0.1, 0.15) is 6.54 Å². The molecule has 3 rings (SSSR count). The fraction of sp³-hybridized carbons (Fsp3) is 0.154. The monoisotopic (exact) mass is 477 g/mol. The van der Waals surface area contributed by atoms with Crippen LogP contribution in [0, 0.1) is 13.8 Å². The van der Waals surface area contributed by atoms with Crippen molar-refractivity contribution < 1.29 is 18.0 Å². The van der Waals surface area contributed by atoms with Crippen LogP contribution < -0.4 is 14.9 Å². The molecule has 176 valence electrons. The molecule has 34 heavy (non-hydrogen) atoms. The van der Waals surface area contributed by atoms with Gasteiger partial charge in [-0.15, -0.1) is 6.58 Å². The maximum Gasteiger partial charge on any atom is 0.264 e. The van der Waals surface area contributed by atoms with E-state index in [0.717, 1.165) is 9.87 Å². The van der Waals surface area contributed by atoms with Crippen molar-refractivity contribution in [2.45, 2.75) is 18.7 Å². The van der Waals surface area contributed by atoms with Crippen LogP contribution >= 0.6 is 0 Å². The average molecular weight is 478 g/mol. The molecule has 0 heterocycles. The summed E-state index contributed by atoms with van der Waals surface area (Å²) in [6, 6.07) is 20.0. The molecule has 0 saturated heterocycles. The van der Waals surface area contributed by atoms with Gasteiger partial charge in [-0.3, -0.25) is 13.9 Å². The third-order valence-corrected chi connectivity index (χ3v) is 6.91. The number of para-hydroxylation sites is 2. The van der Waals surface area contributed by atoms with E-state index in [4.69, 9.17) is 0 Å². The third kappa shape index (κ3) is 5.71. The van der Waals surface area contributed by atoms with Crippen LogP contribution in [0.1, 0.15) is 21.5 Å². The molecular weight excluding hydrogens is 450 g/mol. The fourth-order valence-corrected chi connectivity index (χ4v) is 4.84. The van der Waals surface area contributed by atoms with E-state index in [9.17, 15) is 18.0 Å². The predicted octanol–water partition coefficient (Wildman–Crippen LogP) is 4.05. The summed E-state index contributed by atoms with van der Waals surface area (Å²) in [7, 11) is -4.04. The van der Waals surface area contributed by atoms with E-state index in [1.54, 1.807) is 73.7 Å². The minimum Gasteiger partial charge on any atom is -0.349 e. The van der Waals surface area contributed by atoms with Gasteiger partial charge in [-0.05, 0) is 49.7 Å². The van der Waals surface area contributed by atoms with Gasteiger partial charge in [0, 0.05) is 6.54 Å². The minimum atomic E-state index is -4.04. The highest BCUT2D eigenvalue weighted by Gasteiger charge is 2.28. The molecule has 3 aromatic carbocycles. The number of nitrogens with one attached hydrogen (secondary N) is 2. The van der Waals surface area contributed by atoms with Gasteiger partial charge in [0.2, 0.25) is 5.91 Å². The van der Waals surface area contributed by atoms with E-state index in [2.05, 4.69) is 17.2 Å². The molecule has 2 N–H and O–H groups in total. The van der Waals surface area contributed by atoms with Crippen LogP contribution in [0.3, 0.4) is 0 Å². The highest BCUT2D eigenvalue weighted by molar-refractivity contribution is 7.92. The van der Waals surface area contributed by atoms with Gasteiger partial charge in [-0.25, -0.2) is 8.42 Å². The normalized spacial score (nSPS) is 10.9. The predicted molar refractivity (Wildman–Crippen MR) is 134 cm³/mol. The first-order valence-corrected chi connectivity index (χ1v) is 12.1. The Morgan fingerprint density at radius 3 is 2.26 bits per heavy atom. The second kappa shape index (κ2) is 10.8. The van der Waals surface area contributed by atoms with Crippen LogP contribution in [0.5, 0.6) is 0 Å². The zero-order chi connectivity index (χ0) is 24.7. The lowest BCUT2D eigenvalue weighted by Gasteiger charge is -2.26. The van der Waals surface area contributed by atoms with E-state index in [0.29, 0.717) is 11.3 Å². The molecule has 3 aromatic rings. The highest BCUT2D eigenvalue weighted by atomic mass is 32.2. The standard InChI is InChI=1S/C26H27N3O4S/c1-4-17-27-26(31)22-10-6-7-11-23(22)28-25(30)18-29(24-12-8-5-9-20(24)3)34(32,33)21-15-13-19(2)14-16-21/h4-16H,1,17-18H2,2-3H3,(H,27,31)(H,28,30). The van der Waals surface area contributed by atoms with Crippen LogP contribution in [0.25, 0.3) is 0 Å². The summed E-state index contributed by atoms with van der Waals surface area (Å²) in [5, 5.41) is 5.36. The second-order valence-electron chi connectivity index (χ2n) is 7.70. The van der Waals surface area contributed by atoms with Crippen LogP contribution in [-0.2, 0) is 14.8 Å². The lowest BCUT2D eigenvalue weighted by molar-refractivity contribution is -0.114. The molecule has 0 unspecified atom stereocenters. The van der Waals surface area contributed by atoms with Crippen molar-refractivity contribution in [2.75, 3.05) is 22.7 Å². The molecule has 0 radical (unpaired) electrons. The summed E-state index contributed by atoms with van der Waals surface area (Å²) < 4.78 is 28.2. The molecule has 2 amide bonds. The summed E-state index contributed by atoms with van der Waals surface area (Å²) in [4.78, 5) is 25.6. The SMILES string of the molecule is C=CCNC(=O)c1ccccc1NC(=O)CN(c1ccccc1C)S(=O)(=O)c1ccc(C)cc1. The van der Waals surface area contributed by atoms with Crippen molar-refractivity contribution in [3.63, 3.8) is 0 Å². The van der Waals surface area contributed by atoms with Gasteiger partial charge in [-0.1, -0.05) is 54.1 Å². The molecule has 0 aliphatic heterocycles. The number of nitrogens with zero attached hydrogens (tertiary/aromatic N) is 1. The number of hydrogen-bond acceptors (Lipinski definition) is 4. The number of amides is 2. The number of carbonyl (C=O) groups is 2. The molecule has 7 nitrogen and oxygen atoms in total. The third-order valence-electron chi connectivity index (χ3n) is 5.13. The Hall–Kier alpha value is -3.91. The van der Waals surface area contributed by atoms with E-state index in [1.165, 1.54) is 12.1 Å². The fourth-order valence-electron chi connectivity index (χ4n) is 3.35. The number of benzene rings is 3. The van der Waals surface area contributed by atoms with Crippen LogP contribution in [0.15, 0.2) is 90.3 Å². The number of sulfonamides is 1. The molecule has 0 saturated carbocycles. The maximum atomic E-state index is 13.6. The van der Waals surface area contributed by atoms with Gasteiger partial charge in [-0.2, -0.15) is 0 Å². The Bertz CT molecular complexity index is 1300. The number of rotatable bonds is 9. The Morgan fingerprint density at radius 1 is 0.941 bits per heavy atom. The molecule has 0 atom stereocenters. The van der Waals surface area contributed by atoms with E-state index in [1.807, 2.05) is 6.92 Å². The zero-order valence-electron chi connectivity index (χ0n) is 19.1. The number of hydrogen-bond donors (Lipinski definition) is 2. The first kappa shape index (κ1) is 24.7. The maximum absolute atomic E-state index is 13.6. The van der Waals surface area contributed by atoms with Crippen molar-refractivity contribution in [1.82, 2.24) is 5.32 Å². The summed E-state index contributed by atoms with van der Waals surface area (Å²) >= 11 is 0. The average Bonchev–Trinajstić information content (AvgIpc) is 2.82. The molecule has 0 aliphatic carbocycles. The Labute approximate surface area is 200 Å². The second-order valence-corrected chi connectivity index (χ2v) is 9.57. The Kier molecular flexibility index (Phi) is 7.86. The first-order chi connectivity index (χ1) is 16.2. The quantitative estimate of drug-likeness (QED) is 0.455. The molecule has 0 bridgehead atoms. The summed E-state index contributed by atoms with van der Waals surface area (Å²) in [6.45, 7) is 7.03. The topological polar surface area (TPSA) is 95.6 Å². The van der Waals surface area contributed by atoms with Gasteiger partial charge < -0.3 is 10.6 Å². The smallest absolute Gasteiger partial charge is 0.264 e. The number of anilines is 2. The van der Waals surface area contributed by atoms with Gasteiger partial charge in [0.25, 0.3) is 15.9 Å². The van der Waals surface area contributed by atoms with E-state index >= 15 is 0 Å². The van der Waals surface area contributed by atoms with Crippen LogP contribution in [-0.4, -0.2) is 33.3 Å². The lowest BCUT2D eigenvalue weighted by Crippen LogP contribution is -2.39. The van der Waals surface area contributed by atoms with Crippen molar-refractivity contribution in [3.8, 4) is 0 Å². The van der Waals surface area contributed by atoms with Crippen molar-refractivity contribution in [2.24, 2.45) is 0 Å². The van der Waals surface area contributed by atoms with Gasteiger partial charge in [0.15, 0.2) is 0 Å².